The molecule has 0 amide bonds. The third kappa shape index (κ3) is 2.48. The predicted molar refractivity (Wildman–Crippen MR) is 62.5 cm³/mol. The van der Waals surface area contributed by atoms with Crippen LogP contribution in [0.5, 0.6) is 0 Å². The summed E-state index contributed by atoms with van der Waals surface area (Å²) in [5, 5.41) is 11.9. The van der Waals surface area contributed by atoms with E-state index in [1.165, 1.54) is 0 Å². The van der Waals surface area contributed by atoms with Gasteiger partial charge in [0.25, 0.3) is 5.56 Å². The first kappa shape index (κ1) is 11.7. The average Bonchev–Trinajstić information content (AvgIpc) is 2.73. The number of nitrogens with two attached hydrogens (primary N) is 2. The first-order valence-corrected chi connectivity index (χ1v) is 5.24. The number of aromatic amines is 1. The van der Waals surface area contributed by atoms with E-state index in [9.17, 15) is 4.79 Å². The fourth-order valence-corrected chi connectivity index (χ4v) is 1.74. The lowest BCUT2D eigenvalue weighted by Gasteiger charge is -2.13. The summed E-state index contributed by atoms with van der Waals surface area (Å²) >= 11 is 0. The van der Waals surface area contributed by atoms with Crippen molar-refractivity contribution in [3.8, 4) is 0 Å². The highest BCUT2D eigenvalue weighted by molar-refractivity contribution is 5.61. The second kappa shape index (κ2) is 4.60. The predicted octanol–water partition coefficient (Wildman–Crippen LogP) is -1.50. The van der Waals surface area contributed by atoms with Crippen LogP contribution >= 0.6 is 0 Å². The van der Waals surface area contributed by atoms with E-state index < -0.39 is 5.56 Å². The summed E-state index contributed by atoms with van der Waals surface area (Å²) in [6.07, 6.45) is 0.442. The summed E-state index contributed by atoms with van der Waals surface area (Å²) in [5.41, 5.74) is 10.5. The third-order valence-corrected chi connectivity index (χ3v) is 2.60. The first-order chi connectivity index (χ1) is 8.10. The highest BCUT2D eigenvalue weighted by Gasteiger charge is 2.25. The maximum absolute atomic E-state index is 11.3. The molecule has 0 aromatic carbocycles. The van der Waals surface area contributed by atoms with E-state index in [0.29, 0.717) is 13.0 Å². The Kier molecular flexibility index (Phi) is 3.16. The molecule has 0 radical (unpaired) electrons. The number of aliphatic hydroxyl groups is 1. The highest BCUT2D eigenvalue weighted by atomic mass is 16.5. The molecular formula is C9H15N5O3. The number of nitrogen functional groups attached to an aromatic ring is 2. The number of hydrogen-bond acceptors (Lipinski definition) is 7. The normalized spacial score (nSPS) is 23.8. The number of aromatic nitrogens is 2. The first-order valence-electron chi connectivity index (χ1n) is 5.24. The summed E-state index contributed by atoms with van der Waals surface area (Å²) in [5.74, 6) is 0.253. The molecule has 94 valence electrons. The van der Waals surface area contributed by atoms with E-state index in [0.717, 1.165) is 0 Å². The zero-order valence-corrected chi connectivity index (χ0v) is 9.14. The Bertz CT molecular complexity index is 460. The van der Waals surface area contributed by atoms with Crippen molar-refractivity contribution in [1.29, 1.82) is 0 Å². The standard InChI is InChI=1S/C9H15N5O3/c10-6-7(13-9(11)14-8(6)16)12-4-1-5(2-15)17-3-4/h4-5,15H,1-3,10H2,(H4,11,12,13,14,16). The average molecular weight is 241 g/mol. The molecular weight excluding hydrogens is 226 g/mol. The summed E-state index contributed by atoms with van der Waals surface area (Å²) in [7, 11) is 0. The summed E-state index contributed by atoms with van der Waals surface area (Å²) in [6.45, 7) is 0.400. The highest BCUT2D eigenvalue weighted by Crippen LogP contribution is 2.19. The Morgan fingerprint density at radius 3 is 3.00 bits per heavy atom. The topological polar surface area (TPSA) is 139 Å². The molecule has 17 heavy (non-hydrogen) atoms. The van der Waals surface area contributed by atoms with Gasteiger partial charge >= 0.3 is 0 Å². The summed E-state index contributed by atoms with van der Waals surface area (Å²) < 4.78 is 5.29. The van der Waals surface area contributed by atoms with Crippen LogP contribution in [0.3, 0.4) is 0 Å². The van der Waals surface area contributed by atoms with Crippen LogP contribution in [-0.2, 0) is 4.74 Å². The van der Waals surface area contributed by atoms with E-state index in [2.05, 4.69) is 15.3 Å². The minimum absolute atomic E-state index is 0.00400. The molecule has 1 fully saturated rings. The molecule has 1 aromatic heterocycles. The van der Waals surface area contributed by atoms with Gasteiger partial charge in [-0.3, -0.25) is 9.78 Å². The molecule has 2 unspecified atom stereocenters. The van der Waals surface area contributed by atoms with Crippen LogP contribution in [0.4, 0.5) is 17.5 Å². The molecule has 1 aliphatic rings. The maximum atomic E-state index is 11.3. The van der Waals surface area contributed by atoms with Crippen LogP contribution in [-0.4, -0.2) is 40.4 Å². The Labute approximate surface area is 97.0 Å². The van der Waals surface area contributed by atoms with Gasteiger partial charge in [-0.25, -0.2) is 0 Å². The van der Waals surface area contributed by atoms with Gasteiger partial charge in [0.2, 0.25) is 5.95 Å². The molecule has 0 bridgehead atoms. The van der Waals surface area contributed by atoms with Crippen LogP contribution in [0, 0.1) is 0 Å². The van der Waals surface area contributed by atoms with E-state index in [4.69, 9.17) is 21.3 Å². The van der Waals surface area contributed by atoms with Gasteiger partial charge in [0.15, 0.2) is 5.82 Å². The quantitative estimate of drug-likeness (QED) is 0.433. The Hall–Kier alpha value is -1.80. The van der Waals surface area contributed by atoms with E-state index in [-0.39, 0.29) is 36.2 Å². The van der Waals surface area contributed by atoms with E-state index in [1.807, 2.05) is 0 Å². The monoisotopic (exact) mass is 241 g/mol. The second-order valence-electron chi connectivity index (χ2n) is 3.93. The zero-order chi connectivity index (χ0) is 12.4. The van der Waals surface area contributed by atoms with Crippen LogP contribution in [0.2, 0.25) is 0 Å². The molecule has 8 heteroatoms. The molecule has 1 aromatic rings. The van der Waals surface area contributed by atoms with Crippen molar-refractivity contribution in [2.45, 2.75) is 18.6 Å². The fourth-order valence-electron chi connectivity index (χ4n) is 1.74. The number of ether oxygens (including phenoxy) is 1. The second-order valence-corrected chi connectivity index (χ2v) is 3.93. The number of nitrogens with one attached hydrogen (secondary N) is 2. The molecule has 8 nitrogen and oxygen atoms in total. The van der Waals surface area contributed by atoms with Crippen LogP contribution < -0.4 is 22.3 Å². The smallest absolute Gasteiger partial charge is 0.277 e. The molecule has 0 saturated carbocycles. The lowest BCUT2D eigenvalue weighted by Crippen LogP contribution is -2.25. The minimum Gasteiger partial charge on any atom is -0.394 e. The van der Waals surface area contributed by atoms with Crippen molar-refractivity contribution in [2.24, 2.45) is 0 Å². The lowest BCUT2D eigenvalue weighted by molar-refractivity contribution is 0.0588. The number of rotatable bonds is 3. The van der Waals surface area contributed by atoms with Crippen molar-refractivity contribution in [3.05, 3.63) is 10.4 Å². The zero-order valence-electron chi connectivity index (χ0n) is 9.14. The molecule has 2 heterocycles. The third-order valence-electron chi connectivity index (χ3n) is 2.60. The maximum Gasteiger partial charge on any atom is 0.277 e. The van der Waals surface area contributed by atoms with Gasteiger partial charge in [0.05, 0.1) is 25.4 Å². The SMILES string of the molecule is Nc1nc(NC2COC(CO)C2)c(N)c(=O)[nH]1. The molecule has 1 saturated heterocycles. The number of H-pyrrole nitrogens is 1. The number of nitrogens with zero attached hydrogens (tertiary/aromatic N) is 1. The van der Waals surface area contributed by atoms with Gasteiger partial charge in [-0.1, -0.05) is 0 Å². The summed E-state index contributed by atoms with van der Waals surface area (Å²) in [4.78, 5) is 17.6. The number of anilines is 3. The van der Waals surface area contributed by atoms with Gasteiger partial charge < -0.3 is 26.6 Å². The van der Waals surface area contributed by atoms with Crippen LogP contribution in [0.25, 0.3) is 0 Å². The van der Waals surface area contributed by atoms with Gasteiger partial charge in [-0.15, -0.1) is 0 Å². The Morgan fingerprint density at radius 2 is 2.35 bits per heavy atom. The van der Waals surface area contributed by atoms with Crippen LogP contribution in [0.15, 0.2) is 4.79 Å². The number of aliphatic hydroxyl groups excluding tert-OH is 1. The minimum atomic E-state index is -0.474. The fraction of sp³-hybridized carbons (Fsp3) is 0.556. The molecule has 2 atom stereocenters. The van der Waals surface area contributed by atoms with Gasteiger partial charge in [0, 0.05) is 0 Å². The largest absolute Gasteiger partial charge is 0.394 e. The molecule has 0 spiro atoms. The van der Waals surface area contributed by atoms with Gasteiger partial charge in [-0.05, 0) is 6.42 Å². The summed E-state index contributed by atoms with van der Waals surface area (Å²) in [6, 6.07) is -0.0388. The van der Waals surface area contributed by atoms with E-state index >= 15 is 0 Å². The molecule has 7 N–H and O–H groups in total. The van der Waals surface area contributed by atoms with Crippen molar-refractivity contribution in [3.63, 3.8) is 0 Å². The van der Waals surface area contributed by atoms with Crippen LogP contribution in [0.1, 0.15) is 6.42 Å². The molecule has 2 rings (SSSR count). The van der Waals surface area contributed by atoms with Crippen molar-refractivity contribution in [2.75, 3.05) is 30.0 Å². The molecule has 1 aliphatic heterocycles. The molecule has 0 aliphatic carbocycles. The van der Waals surface area contributed by atoms with Crippen molar-refractivity contribution < 1.29 is 9.84 Å². The van der Waals surface area contributed by atoms with Crippen molar-refractivity contribution >= 4 is 17.5 Å². The Morgan fingerprint density at radius 1 is 1.59 bits per heavy atom. The lowest BCUT2D eigenvalue weighted by atomic mass is 10.2. The number of hydrogen-bond donors (Lipinski definition) is 5. The van der Waals surface area contributed by atoms with Crippen molar-refractivity contribution in [1.82, 2.24) is 9.97 Å². The van der Waals surface area contributed by atoms with Gasteiger partial charge in [0.1, 0.15) is 5.69 Å². The Balaban J connectivity index is 2.12. The van der Waals surface area contributed by atoms with E-state index in [1.54, 1.807) is 0 Å². The van der Waals surface area contributed by atoms with Gasteiger partial charge in [-0.2, -0.15) is 4.98 Å².